The van der Waals surface area contributed by atoms with Crippen LogP contribution in [0.3, 0.4) is 0 Å². The molecule has 0 amide bonds. The quantitative estimate of drug-likeness (QED) is 0.855. The van der Waals surface area contributed by atoms with Gasteiger partial charge in [0.2, 0.25) is 0 Å². The SMILES string of the molecule is C=CCN1CCc2cc(S(C)(=O)=O)c(O)cc2C(c2ccccc2)C1. The van der Waals surface area contributed by atoms with Crippen molar-refractivity contribution in [3.05, 3.63) is 71.8 Å². The highest BCUT2D eigenvalue weighted by molar-refractivity contribution is 7.90. The van der Waals surface area contributed by atoms with Crippen molar-refractivity contribution < 1.29 is 13.5 Å². The van der Waals surface area contributed by atoms with E-state index >= 15 is 0 Å². The number of hydrogen-bond acceptors (Lipinski definition) is 4. The first kappa shape index (κ1) is 17.7. The summed E-state index contributed by atoms with van der Waals surface area (Å²) >= 11 is 0. The van der Waals surface area contributed by atoms with Gasteiger partial charge in [0.15, 0.2) is 9.84 Å². The molecular weight excluding hydrogens is 334 g/mol. The Hall–Kier alpha value is -2.11. The van der Waals surface area contributed by atoms with Crippen molar-refractivity contribution in [1.29, 1.82) is 0 Å². The van der Waals surface area contributed by atoms with Crippen LogP contribution in [0.5, 0.6) is 5.75 Å². The van der Waals surface area contributed by atoms with Crippen molar-refractivity contribution >= 4 is 9.84 Å². The Kier molecular flexibility index (Phi) is 4.97. The van der Waals surface area contributed by atoms with E-state index in [1.165, 1.54) is 0 Å². The minimum atomic E-state index is -3.46. The van der Waals surface area contributed by atoms with Gasteiger partial charge >= 0.3 is 0 Å². The summed E-state index contributed by atoms with van der Waals surface area (Å²) < 4.78 is 23.9. The molecule has 25 heavy (non-hydrogen) atoms. The Morgan fingerprint density at radius 1 is 1.28 bits per heavy atom. The smallest absolute Gasteiger partial charge is 0.179 e. The average Bonchev–Trinajstić information content (AvgIpc) is 2.74. The van der Waals surface area contributed by atoms with Crippen LogP contribution in [-0.4, -0.2) is 44.3 Å². The molecule has 1 unspecified atom stereocenters. The Labute approximate surface area is 149 Å². The van der Waals surface area contributed by atoms with Crippen molar-refractivity contribution in [1.82, 2.24) is 4.90 Å². The van der Waals surface area contributed by atoms with Crippen LogP contribution < -0.4 is 0 Å². The number of fused-ring (bicyclic) bond motifs is 1. The zero-order valence-corrected chi connectivity index (χ0v) is 15.2. The molecule has 0 aromatic heterocycles. The highest BCUT2D eigenvalue weighted by atomic mass is 32.2. The second-order valence-electron chi connectivity index (χ2n) is 6.55. The van der Waals surface area contributed by atoms with Gasteiger partial charge in [-0.05, 0) is 35.2 Å². The third-order valence-electron chi connectivity index (χ3n) is 4.72. The lowest BCUT2D eigenvalue weighted by atomic mass is 9.88. The van der Waals surface area contributed by atoms with Gasteiger partial charge in [-0.1, -0.05) is 36.4 Å². The molecule has 0 bridgehead atoms. The maximum atomic E-state index is 12.0. The summed E-state index contributed by atoms with van der Waals surface area (Å²) in [6, 6.07) is 13.4. The van der Waals surface area contributed by atoms with Crippen LogP contribution in [0.1, 0.15) is 22.6 Å². The van der Waals surface area contributed by atoms with E-state index < -0.39 is 9.84 Å². The summed E-state index contributed by atoms with van der Waals surface area (Å²) in [4.78, 5) is 2.32. The van der Waals surface area contributed by atoms with E-state index in [1.54, 1.807) is 12.1 Å². The second-order valence-corrected chi connectivity index (χ2v) is 8.54. The van der Waals surface area contributed by atoms with E-state index in [2.05, 4.69) is 23.6 Å². The van der Waals surface area contributed by atoms with E-state index in [0.717, 1.165) is 49.0 Å². The number of rotatable bonds is 4. The fraction of sp³-hybridized carbons (Fsp3) is 0.300. The Bertz CT molecular complexity index is 875. The third kappa shape index (κ3) is 3.78. The Morgan fingerprint density at radius 3 is 2.64 bits per heavy atom. The summed E-state index contributed by atoms with van der Waals surface area (Å²) in [7, 11) is -3.46. The number of phenols is 1. The van der Waals surface area contributed by atoms with Crippen molar-refractivity contribution in [2.45, 2.75) is 17.2 Å². The lowest BCUT2D eigenvalue weighted by Gasteiger charge is -2.24. The number of phenolic OH excluding ortho intramolecular Hbond substituents is 1. The molecule has 0 spiro atoms. The molecule has 1 atom stereocenters. The molecule has 1 aliphatic heterocycles. The Balaban J connectivity index is 2.14. The molecule has 4 nitrogen and oxygen atoms in total. The predicted octanol–water partition coefficient (Wildman–Crippen LogP) is 2.97. The number of aromatic hydroxyl groups is 1. The maximum Gasteiger partial charge on any atom is 0.179 e. The molecule has 2 aromatic carbocycles. The maximum absolute atomic E-state index is 12.0. The molecule has 0 saturated heterocycles. The summed E-state index contributed by atoms with van der Waals surface area (Å²) in [6.07, 6.45) is 3.76. The van der Waals surface area contributed by atoms with Crippen LogP contribution in [0, 0.1) is 0 Å². The van der Waals surface area contributed by atoms with Gasteiger partial charge in [-0.15, -0.1) is 6.58 Å². The summed E-state index contributed by atoms with van der Waals surface area (Å²) in [5.74, 6) is -0.0856. The van der Waals surface area contributed by atoms with Crippen LogP contribution in [0.25, 0.3) is 0 Å². The lowest BCUT2D eigenvalue weighted by molar-refractivity contribution is 0.306. The van der Waals surface area contributed by atoms with Crippen LogP contribution in [0.15, 0.2) is 60.0 Å². The first-order chi connectivity index (χ1) is 11.9. The number of sulfone groups is 1. The fourth-order valence-electron chi connectivity index (χ4n) is 3.51. The standard InChI is InChI=1S/C20H23NO3S/c1-3-10-21-11-9-16-12-20(25(2,23)24)19(22)13-17(16)18(14-21)15-7-5-4-6-8-15/h3-8,12-13,18,22H,1,9-11,14H2,2H3. The number of benzene rings is 2. The van der Waals surface area contributed by atoms with E-state index in [1.807, 2.05) is 24.3 Å². The van der Waals surface area contributed by atoms with Gasteiger partial charge < -0.3 is 5.11 Å². The normalized spacial score (nSPS) is 18.4. The Morgan fingerprint density at radius 2 is 2.00 bits per heavy atom. The van der Waals surface area contributed by atoms with Gasteiger partial charge in [0.1, 0.15) is 10.6 Å². The van der Waals surface area contributed by atoms with Gasteiger partial charge in [-0.25, -0.2) is 8.42 Å². The molecule has 1 N–H and O–H groups in total. The molecule has 0 radical (unpaired) electrons. The molecule has 2 aromatic rings. The predicted molar refractivity (Wildman–Crippen MR) is 99.8 cm³/mol. The van der Waals surface area contributed by atoms with Gasteiger partial charge in [-0.3, -0.25) is 4.90 Å². The fourth-order valence-corrected chi connectivity index (χ4v) is 4.30. The van der Waals surface area contributed by atoms with Crippen molar-refractivity contribution in [2.75, 3.05) is 25.9 Å². The van der Waals surface area contributed by atoms with Crippen LogP contribution >= 0.6 is 0 Å². The van der Waals surface area contributed by atoms with Gasteiger partial charge in [0, 0.05) is 31.8 Å². The molecule has 1 aliphatic rings. The van der Waals surface area contributed by atoms with Gasteiger partial charge in [0.05, 0.1) is 0 Å². The molecule has 132 valence electrons. The van der Waals surface area contributed by atoms with Crippen LogP contribution in [0.4, 0.5) is 0 Å². The van der Waals surface area contributed by atoms with Gasteiger partial charge in [-0.2, -0.15) is 0 Å². The number of nitrogens with zero attached hydrogens (tertiary/aromatic N) is 1. The van der Waals surface area contributed by atoms with E-state index in [9.17, 15) is 13.5 Å². The van der Waals surface area contributed by atoms with Crippen molar-refractivity contribution in [3.63, 3.8) is 0 Å². The van der Waals surface area contributed by atoms with Crippen LogP contribution in [0.2, 0.25) is 0 Å². The third-order valence-corrected chi connectivity index (χ3v) is 5.85. The van der Waals surface area contributed by atoms with Gasteiger partial charge in [0.25, 0.3) is 0 Å². The zero-order valence-electron chi connectivity index (χ0n) is 14.4. The number of hydrogen-bond donors (Lipinski definition) is 1. The highest BCUT2D eigenvalue weighted by Crippen LogP contribution is 2.36. The molecular formula is C20H23NO3S. The minimum Gasteiger partial charge on any atom is -0.507 e. The van der Waals surface area contributed by atoms with E-state index in [-0.39, 0.29) is 16.6 Å². The topological polar surface area (TPSA) is 57.6 Å². The summed E-state index contributed by atoms with van der Waals surface area (Å²) in [5, 5.41) is 10.3. The van der Waals surface area contributed by atoms with Crippen LogP contribution in [-0.2, 0) is 16.3 Å². The minimum absolute atomic E-state index is 0.00947. The van der Waals surface area contributed by atoms with E-state index in [4.69, 9.17) is 0 Å². The molecule has 0 aliphatic carbocycles. The first-order valence-corrected chi connectivity index (χ1v) is 10.2. The lowest BCUT2D eigenvalue weighted by Crippen LogP contribution is -2.28. The summed E-state index contributed by atoms with van der Waals surface area (Å²) in [5.41, 5.74) is 3.15. The molecule has 1 heterocycles. The monoisotopic (exact) mass is 357 g/mol. The largest absolute Gasteiger partial charge is 0.507 e. The zero-order chi connectivity index (χ0) is 18.0. The molecule has 0 fully saturated rings. The average molecular weight is 357 g/mol. The second kappa shape index (κ2) is 7.02. The molecule has 3 rings (SSSR count). The van der Waals surface area contributed by atoms with E-state index in [0.29, 0.717) is 0 Å². The summed E-state index contributed by atoms with van der Waals surface area (Å²) in [6.45, 7) is 6.25. The van der Waals surface area contributed by atoms with Crippen molar-refractivity contribution in [2.24, 2.45) is 0 Å². The first-order valence-electron chi connectivity index (χ1n) is 8.34. The highest BCUT2D eigenvalue weighted by Gasteiger charge is 2.27. The molecule has 0 saturated carbocycles. The van der Waals surface area contributed by atoms with Crippen molar-refractivity contribution in [3.8, 4) is 5.75 Å². The molecule has 5 heteroatoms.